The zero-order valence-electron chi connectivity index (χ0n) is 10.2. The van der Waals surface area contributed by atoms with Crippen molar-refractivity contribution >= 4 is 11.4 Å². The molecule has 0 aliphatic carbocycles. The molecule has 1 aromatic carbocycles. The van der Waals surface area contributed by atoms with E-state index in [2.05, 4.69) is 5.32 Å². The molecule has 1 aliphatic heterocycles. The molecule has 3 heteroatoms. The van der Waals surface area contributed by atoms with Gasteiger partial charge in [0.2, 0.25) is 0 Å². The van der Waals surface area contributed by atoms with Crippen LogP contribution in [0.3, 0.4) is 0 Å². The van der Waals surface area contributed by atoms with Crippen LogP contribution in [0.1, 0.15) is 25.0 Å². The van der Waals surface area contributed by atoms with Crippen molar-refractivity contribution in [2.45, 2.75) is 26.4 Å². The van der Waals surface area contributed by atoms with Gasteiger partial charge in [-0.2, -0.15) is 0 Å². The van der Waals surface area contributed by atoms with Crippen LogP contribution < -0.4 is 11.1 Å². The first-order valence-electron chi connectivity index (χ1n) is 5.94. The van der Waals surface area contributed by atoms with E-state index >= 15 is 0 Å². The molecule has 2 rings (SSSR count). The van der Waals surface area contributed by atoms with E-state index in [9.17, 15) is 4.79 Å². The Labute approximate surface area is 102 Å². The average molecular weight is 230 g/mol. The molecule has 0 spiro atoms. The maximum atomic E-state index is 12.2. The smallest absolute Gasteiger partial charge is 0.187 e. The van der Waals surface area contributed by atoms with Crippen LogP contribution in [-0.2, 0) is 11.3 Å². The van der Waals surface area contributed by atoms with Gasteiger partial charge in [-0.25, -0.2) is 0 Å². The topological polar surface area (TPSA) is 55.1 Å². The number of hydrogen-bond donors (Lipinski definition) is 2. The molecule has 1 aromatic rings. The first-order chi connectivity index (χ1) is 8.15. The summed E-state index contributed by atoms with van der Waals surface area (Å²) in [6.07, 6.45) is 1.82. The summed E-state index contributed by atoms with van der Waals surface area (Å²) >= 11 is 0. The third-order valence-electron chi connectivity index (χ3n) is 3.15. The maximum Gasteiger partial charge on any atom is 0.187 e. The Morgan fingerprint density at radius 3 is 2.65 bits per heavy atom. The SMILES string of the molecule is CC(C)C1NC=C(c2ccccc2CN)C1=O. The normalized spacial score (nSPS) is 19.4. The lowest BCUT2D eigenvalue weighted by Crippen LogP contribution is -2.32. The third kappa shape index (κ3) is 2.11. The molecule has 0 aromatic heterocycles. The Balaban J connectivity index is 2.33. The van der Waals surface area contributed by atoms with Gasteiger partial charge in [-0.3, -0.25) is 4.79 Å². The highest BCUT2D eigenvalue weighted by Gasteiger charge is 2.30. The van der Waals surface area contributed by atoms with Crippen LogP contribution in [0.4, 0.5) is 0 Å². The monoisotopic (exact) mass is 230 g/mol. The van der Waals surface area contributed by atoms with Crippen LogP contribution in [0, 0.1) is 5.92 Å². The van der Waals surface area contributed by atoms with Crippen LogP contribution in [0.25, 0.3) is 5.57 Å². The molecule has 0 bridgehead atoms. The summed E-state index contributed by atoms with van der Waals surface area (Å²) in [4.78, 5) is 12.2. The number of Topliss-reactive ketones (excluding diaryl/α,β-unsaturated/α-hetero) is 1. The Kier molecular flexibility index (Phi) is 3.29. The molecule has 17 heavy (non-hydrogen) atoms. The van der Waals surface area contributed by atoms with Gasteiger partial charge in [0, 0.05) is 18.3 Å². The van der Waals surface area contributed by atoms with E-state index in [0.29, 0.717) is 12.5 Å². The standard InChI is InChI=1S/C14H18N2O/c1-9(2)13-14(17)12(8-16-13)11-6-4-3-5-10(11)7-15/h3-6,8-9,13,16H,7,15H2,1-2H3. The summed E-state index contributed by atoms with van der Waals surface area (Å²) in [6, 6.07) is 7.70. The van der Waals surface area contributed by atoms with Gasteiger partial charge >= 0.3 is 0 Å². The molecule has 90 valence electrons. The minimum absolute atomic E-state index is 0.101. The number of rotatable bonds is 3. The molecule has 0 radical (unpaired) electrons. The second-order valence-corrected chi connectivity index (χ2v) is 4.67. The van der Waals surface area contributed by atoms with Gasteiger partial charge in [0.15, 0.2) is 5.78 Å². The Hall–Kier alpha value is -1.61. The molecular formula is C14H18N2O. The van der Waals surface area contributed by atoms with E-state index in [-0.39, 0.29) is 11.8 Å². The highest BCUT2D eigenvalue weighted by molar-refractivity contribution is 6.25. The van der Waals surface area contributed by atoms with Crippen molar-refractivity contribution in [2.24, 2.45) is 11.7 Å². The Bertz CT molecular complexity index is 463. The molecule has 0 amide bonds. The number of nitrogens with two attached hydrogens (primary N) is 1. The van der Waals surface area contributed by atoms with Crippen LogP contribution in [-0.4, -0.2) is 11.8 Å². The number of nitrogens with one attached hydrogen (secondary N) is 1. The third-order valence-corrected chi connectivity index (χ3v) is 3.15. The highest BCUT2D eigenvalue weighted by atomic mass is 16.1. The number of benzene rings is 1. The van der Waals surface area contributed by atoms with Gasteiger partial charge < -0.3 is 11.1 Å². The van der Waals surface area contributed by atoms with E-state index in [0.717, 1.165) is 16.7 Å². The Morgan fingerprint density at radius 2 is 2.06 bits per heavy atom. The zero-order valence-corrected chi connectivity index (χ0v) is 10.2. The van der Waals surface area contributed by atoms with Crippen molar-refractivity contribution < 1.29 is 4.79 Å². The summed E-state index contributed by atoms with van der Waals surface area (Å²) in [6.45, 7) is 4.54. The number of ketones is 1. The second-order valence-electron chi connectivity index (χ2n) is 4.67. The van der Waals surface area contributed by atoms with Crippen LogP contribution >= 0.6 is 0 Å². The quantitative estimate of drug-likeness (QED) is 0.830. The predicted molar refractivity (Wildman–Crippen MR) is 69.1 cm³/mol. The molecule has 3 N–H and O–H groups in total. The average Bonchev–Trinajstić information content (AvgIpc) is 2.71. The van der Waals surface area contributed by atoms with Gasteiger partial charge in [0.05, 0.1) is 6.04 Å². The fourth-order valence-electron chi connectivity index (χ4n) is 2.15. The molecule has 0 saturated carbocycles. The number of carbonyl (C=O) groups is 1. The molecule has 0 fully saturated rings. The summed E-state index contributed by atoms with van der Waals surface area (Å²) in [5.74, 6) is 0.460. The molecular weight excluding hydrogens is 212 g/mol. The largest absolute Gasteiger partial charge is 0.380 e. The number of carbonyl (C=O) groups excluding carboxylic acids is 1. The van der Waals surface area contributed by atoms with Crippen molar-refractivity contribution in [2.75, 3.05) is 0 Å². The number of hydrogen-bond acceptors (Lipinski definition) is 3. The van der Waals surface area contributed by atoms with E-state index in [1.54, 1.807) is 0 Å². The lowest BCUT2D eigenvalue weighted by Gasteiger charge is -2.14. The van der Waals surface area contributed by atoms with E-state index in [1.807, 2.05) is 44.3 Å². The summed E-state index contributed by atoms with van der Waals surface area (Å²) < 4.78 is 0. The van der Waals surface area contributed by atoms with Crippen LogP contribution in [0.2, 0.25) is 0 Å². The first kappa shape index (κ1) is 11.9. The second kappa shape index (κ2) is 4.72. The molecule has 1 atom stereocenters. The summed E-state index contributed by atoms with van der Waals surface area (Å²) in [7, 11) is 0. The molecule has 1 heterocycles. The Morgan fingerprint density at radius 1 is 1.35 bits per heavy atom. The van der Waals surface area contributed by atoms with Gasteiger partial charge in [0.25, 0.3) is 0 Å². The predicted octanol–water partition coefficient (Wildman–Crippen LogP) is 1.68. The van der Waals surface area contributed by atoms with Crippen molar-refractivity contribution in [1.82, 2.24) is 5.32 Å². The van der Waals surface area contributed by atoms with E-state index < -0.39 is 0 Å². The highest BCUT2D eigenvalue weighted by Crippen LogP contribution is 2.26. The van der Waals surface area contributed by atoms with Crippen molar-refractivity contribution in [3.05, 3.63) is 41.6 Å². The fourth-order valence-corrected chi connectivity index (χ4v) is 2.15. The van der Waals surface area contributed by atoms with Gasteiger partial charge in [0.1, 0.15) is 0 Å². The summed E-state index contributed by atoms with van der Waals surface area (Å²) in [5.41, 5.74) is 8.42. The van der Waals surface area contributed by atoms with E-state index in [1.165, 1.54) is 0 Å². The fraction of sp³-hybridized carbons (Fsp3) is 0.357. The van der Waals surface area contributed by atoms with Crippen LogP contribution in [0.5, 0.6) is 0 Å². The lowest BCUT2D eigenvalue weighted by molar-refractivity contribution is -0.115. The summed E-state index contributed by atoms with van der Waals surface area (Å²) in [5, 5.41) is 3.15. The first-order valence-corrected chi connectivity index (χ1v) is 5.94. The maximum absolute atomic E-state index is 12.2. The lowest BCUT2D eigenvalue weighted by atomic mass is 9.92. The van der Waals surface area contributed by atoms with Gasteiger partial charge in [-0.05, 0) is 17.0 Å². The van der Waals surface area contributed by atoms with Crippen molar-refractivity contribution in [3.8, 4) is 0 Å². The zero-order chi connectivity index (χ0) is 12.4. The van der Waals surface area contributed by atoms with Crippen LogP contribution in [0.15, 0.2) is 30.5 Å². The molecule has 3 nitrogen and oxygen atoms in total. The van der Waals surface area contributed by atoms with Gasteiger partial charge in [-0.1, -0.05) is 38.1 Å². The molecule has 1 unspecified atom stereocenters. The van der Waals surface area contributed by atoms with Crippen molar-refractivity contribution in [3.63, 3.8) is 0 Å². The van der Waals surface area contributed by atoms with E-state index in [4.69, 9.17) is 5.73 Å². The minimum Gasteiger partial charge on any atom is -0.380 e. The van der Waals surface area contributed by atoms with Crippen molar-refractivity contribution in [1.29, 1.82) is 0 Å². The van der Waals surface area contributed by atoms with Gasteiger partial charge in [-0.15, -0.1) is 0 Å². The molecule has 1 aliphatic rings. The minimum atomic E-state index is -0.101. The molecule has 0 saturated heterocycles.